The van der Waals surface area contributed by atoms with E-state index >= 15 is 0 Å². The minimum Gasteiger partial charge on any atom is -0.507 e. The highest BCUT2D eigenvalue weighted by Gasteiger charge is 2.19. The first-order chi connectivity index (χ1) is 9.99. The van der Waals surface area contributed by atoms with Crippen molar-refractivity contribution < 1.29 is 15.0 Å². The second-order valence-electron chi connectivity index (χ2n) is 4.08. The normalized spacial score (nSPS) is 10.3. The molecule has 0 fully saturated rings. The lowest BCUT2D eigenvalue weighted by molar-refractivity contribution is -0.394. The predicted octanol–water partition coefficient (Wildman–Crippen LogP) is 3.50. The van der Waals surface area contributed by atoms with Gasteiger partial charge in [-0.1, -0.05) is 12.1 Å². The average Bonchev–Trinajstić information content (AvgIpc) is 2.46. The van der Waals surface area contributed by atoms with Crippen LogP contribution < -0.4 is 0 Å². The van der Waals surface area contributed by atoms with Gasteiger partial charge in [-0.25, -0.2) is 0 Å². The van der Waals surface area contributed by atoms with Gasteiger partial charge in [-0.05, 0) is 18.2 Å². The Bertz CT molecular complexity index is 705. The molecule has 0 saturated heterocycles. The maximum Gasteiger partial charge on any atom is 0.280 e. The highest BCUT2D eigenvalue weighted by molar-refractivity contribution is 7.98. The van der Waals surface area contributed by atoms with E-state index in [1.807, 2.05) is 0 Å². The van der Waals surface area contributed by atoms with Crippen molar-refractivity contribution in [1.29, 1.82) is 0 Å². The summed E-state index contributed by atoms with van der Waals surface area (Å²) in [5.41, 5.74) is -0.260. The van der Waals surface area contributed by atoms with E-state index in [1.54, 1.807) is 18.2 Å². The molecule has 0 heterocycles. The Morgan fingerprint density at radius 1 is 1.05 bits per heavy atom. The van der Waals surface area contributed by atoms with Crippen LogP contribution >= 0.6 is 11.8 Å². The molecule has 0 aromatic heterocycles. The van der Waals surface area contributed by atoms with E-state index in [-0.39, 0.29) is 22.9 Å². The van der Waals surface area contributed by atoms with Gasteiger partial charge in [0.15, 0.2) is 0 Å². The van der Waals surface area contributed by atoms with Crippen molar-refractivity contribution in [2.75, 3.05) is 0 Å². The number of nitro benzene ring substituents is 2. The number of hydrogen-bond donors (Lipinski definition) is 1. The fraction of sp³-hybridized carbons (Fsp3) is 0.0769. The minimum atomic E-state index is -0.674. The van der Waals surface area contributed by atoms with Gasteiger partial charge in [-0.2, -0.15) is 0 Å². The molecule has 2 rings (SSSR count). The van der Waals surface area contributed by atoms with Gasteiger partial charge in [0.25, 0.3) is 11.4 Å². The summed E-state index contributed by atoms with van der Waals surface area (Å²) < 4.78 is 0. The Balaban J connectivity index is 2.26. The third kappa shape index (κ3) is 3.48. The molecular formula is C13H10N2O5S. The Morgan fingerprint density at radius 3 is 2.38 bits per heavy atom. The predicted molar refractivity (Wildman–Crippen MR) is 77.4 cm³/mol. The summed E-state index contributed by atoms with van der Waals surface area (Å²) in [6, 6.07) is 10.2. The number of nitrogens with zero attached hydrogens (tertiary/aromatic N) is 2. The van der Waals surface area contributed by atoms with Crippen molar-refractivity contribution in [2.45, 2.75) is 10.6 Å². The van der Waals surface area contributed by atoms with Crippen LogP contribution in [0.3, 0.4) is 0 Å². The van der Waals surface area contributed by atoms with Crippen LogP contribution in [0, 0.1) is 20.2 Å². The molecule has 2 aromatic rings. The molecule has 2 aromatic carbocycles. The molecule has 108 valence electrons. The van der Waals surface area contributed by atoms with Crippen LogP contribution in [0.25, 0.3) is 0 Å². The van der Waals surface area contributed by atoms with Crippen molar-refractivity contribution in [3.8, 4) is 5.75 Å². The summed E-state index contributed by atoms with van der Waals surface area (Å²) in [4.78, 5) is 20.9. The van der Waals surface area contributed by atoms with Gasteiger partial charge in [-0.15, -0.1) is 11.8 Å². The molecule has 0 aliphatic rings. The van der Waals surface area contributed by atoms with E-state index in [0.29, 0.717) is 10.5 Å². The SMILES string of the molecule is O=[N+]([O-])c1ccc(CSc2ccccc2O)c([N+](=O)[O-])c1. The molecule has 0 saturated carbocycles. The zero-order chi connectivity index (χ0) is 15.4. The molecule has 0 bridgehead atoms. The first-order valence-corrected chi connectivity index (χ1v) is 6.80. The Labute approximate surface area is 123 Å². The molecule has 0 amide bonds. The summed E-state index contributed by atoms with van der Waals surface area (Å²) >= 11 is 1.22. The molecule has 1 N–H and O–H groups in total. The standard InChI is InChI=1S/C13H10N2O5S/c16-12-3-1-2-4-13(12)21-8-9-5-6-10(14(17)18)7-11(9)15(19)20/h1-7,16H,8H2. The van der Waals surface area contributed by atoms with Crippen molar-refractivity contribution >= 4 is 23.1 Å². The number of aromatic hydroxyl groups is 1. The number of thioether (sulfide) groups is 1. The van der Waals surface area contributed by atoms with Crippen molar-refractivity contribution in [3.05, 3.63) is 68.3 Å². The Morgan fingerprint density at radius 2 is 1.76 bits per heavy atom. The van der Waals surface area contributed by atoms with Gasteiger partial charge in [0.1, 0.15) is 5.75 Å². The summed E-state index contributed by atoms with van der Waals surface area (Å²) in [7, 11) is 0. The van der Waals surface area contributed by atoms with Crippen LogP contribution in [0.2, 0.25) is 0 Å². The lowest BCUT2D eigenvalue weighted by Crippen LogP contribution is -1.97. The largest absolute Gasteiger partial charge is 0.507 e. The number of para-hydroxylation sites is 1. The number of non-ortho nitro benzene ring substituents is 1. The van der Waals surface area contributed by atoms with Gasteiger partial charge >= 0.3 is 0 Å². The highest BCUT2D eigenvalue weighted by Crippen LogP contribution is 2.34. The molecule has 0 unspecified atom stereocenters. The molecule has 0 radical (unpaired) electrons. The minimum absolute atomic E-state index is 0.0899. The van der Waals surface area contributed by atoms with E-state index in [2.05, 4.69) is 0 Å². The van der Waals surface area contributed by atoms with E-state index in [0.717, 1.165) is 6.07 Å². The van der Waals surface area contributed by atoms with Crippen LogP contribution in [-0.4, -0.2) is 15.0 Å². The maximum absolute atomic E-state index is 11.0. The summed E-state index contributed by atoms with van der Waals surface area (Å²) in [5.74, 6) is 0.318. The zero-order valence-corrected chi connectivity index (χ0v) is 11.4. The van der Waals surface area contributed by atoms with E-state index in [9.17, 15) is 25.3 Å². The van der Waals surface area contributed by atoms with Gasteiger partial charge in [-0.3, -0.25) is 20.2 Å². The molecule has 7 nitrogen and oxygen atoms in total. The number of phenolic OH excluding ortho intramolecular Hbond substituents is 1. The van der Waals surface area contributed by atoms with Crippen molar-refractivity contribution in [2.24, 2.45) is 0 Å². The zero-order valence-electron chi connectivity index (χ0n) is 10.6. The molecule has 8 heteroatoms. The Hall–Kier alpha value is -2.61. The van der Waals surface area contributed by atoms with Gasteiger partial charge in [0.2, 0.25) is 0 Å². The average molecular weight is 306 g/mol. The van der Waals surface area contributed by atoms with Gasteiger partial charge in [0, 0.05) is 22.3 Å². The lowest BCUT2D eigenvalue weighted by Gasteiger charge is -2.05. The number of nitro groups is 2. The third-order valence-electron chi connectivity index (χ3n) is 2.72. The second kappa shape index (κ2) is 6.23. The van der Waals surface area contributed by atoms with Crippen LogP contribution in [0.1, 0.15) is 5.56 Å². The topological polar surface area (TPSA) is 107 Å². The van der Waals surface area contributed by atoms with Gasteiger partial charge < -0.3 is 5.11 Å². The molecule has 0 aliphatic heterocycles. The highest BCUT2D eigenvalue weighted by atomic mass is 32.2. The van der Waals surface area contributed by atoms with Crippen LogP contribution in [0.4, 0.5) is 11.4 Å². The number of benzene rings is 2. The molecule has 21 heavy (non-hydrogen) atoms. The summed E-state index contributed by atoms with van der Waals surface area (Å²) in [6.45, 7) is 0. The Kier molecular flexibility index (Phi) is 4.39. The number of hydrogen-bond acceptors (Lipinski definition) is 6. The molecule has 0 aliphatic carbocycles. The summed E-state index contributed by atoms with van der Waals surface area (Å²) in [5, 5.41) is 31.3. The van der Waals surface area contributed by atoms with Crippen molar-refractivity contribution in [3.63, 3.8) is 0 Å². The molecule has 0 spiro atoms. The van der Waals surface area contributed by atoms with Gasteiger partial charge in [0.05, 0.1) is 15.9 Å². The van der Waals surface area contributed by atoms with Crippen LogP contribution in [0.15, 0.2) is 47.4 Å². The number of rotatable bonds is 5. The lowest BCUT2D eigenvalue weighted by atomic mass is 10.2. The number of phenols is 1. The smallest absolute Gasteiger partial charge is 0.280 e. The van der Waals surface area contributed by atoms with E-state index in [4.69, 9.17) is 0 Å². The molecule has 0 atom stereocenters. The first-order valence-electron chi connectivity index (χ1n) is 5.81. The molecular weight excluding hydrogens is 296 g/mol. The third-order valence-corrected chi connectivity index (χ3v) is 3.84. The quantitative estimate of drug-likeness (QED) is 0.514. The van der Waals surface area contributed by atoms with Crippen LogP contribution in [0.5, 0.6) is 5.75 Å². The summed E-state index contributed by atoms with van der Waals surface area (Å²) in [6.07, 6.45) is 0. The maximum atomic E-state index is 11.0. The van der Waals surface area contributed by atoms with Crippen LogP contribution in [-0.2, 0) is 5.75 Å². The van der Waals surface area contributed by atoms with Crippen molar-refractivity contribution in [1.82, 2.24) is 0 Å². The van der Waals surface area contributed by atoms with E-state index < -0.39 is 9.85 Å². The van der Waals surface area contributed by atoms with E-state index in [1.165, 1.54) is 30.0 Å². The fourth-order valence-electron chi connectivity index (χ4n) is 1.69. The second-order valence-corrected chi connectivity index (χ2v) is 5.10. The fourth-order valence-corrected chi connectivity index (χ4v) is 2.64. The first kappa shape index (κ1) is 14.8. The monoisotopic (exact) mass is 306 g/mol.